The molecule has 2 rings (SSSR count). The molecule has 2 N–H and O–H groups in total. The van der Waals surface area contributed by atoms with Crippen molar-refractivity contribution in [3.05, 3.63) is 53.3 Å². The van der Waals surface area contributed by atoms with E-state index >= 15 is 0 Å². The molecule has 1 aromatic carbocycles. The van der Waals surface area contributed by atoms with Gasteiger partial charge in [0.05, 0.1) is 11.5 Å². The van der Waals surface area contributed by atoms with Crippen molar-refractivity contribution >= 4 is 10.0 Å². The van der Waals surface area contributed by atoms with E-state index in [1.54, 1.807) is 38.4 Å². The van der Waals surface area contributed by atoms with E-state index in [4.69, 9.17) is 9.88 Å². The second-order valence-electron chi connectivity index (χ2n) is 4.89. The molecule has 0 unspecified atom stereocenters. The lowest BCUT2D eigenvalue weighted by atomic mass is 10.1. The number of primary sulfonamides is 1. The van der Waals surface area contributed by atoms with E-state index < -0.39 is 10.0 Å². The van der Waals surface area contributed by atoms with Gasteiger partial charge < -0.3 is 4.74 Å². The first kappa shape index (κ1) is 15.5. The molecular weight excluding hydrogens is 288 g/mol. The fourth-order valence-electron chi connectivity index (χ4n) is 2.28. The van der Waals surface area contributed by atoms with E-state index in [1.807, 2.05) is 12.1 Å². The van der Waals surface area contributed by atoms with E-state index in [0.29, 0.717) is 23.5 Å². The molecule has 0 saturated carbocycles. The Morgan fingerprint density at radius 2 is 1.71 bits per heavy atom. The van der Waals surface area contributed by atoms with Crippen molar-refractivity contribution in [1.82, 2.24) is 4.98 Å². The molecule has 1 aromatic heterocycles. The third-order valence-electron chi connectivity index (χ3n) is 3.13. The molecule has 0 bridgehead atoms. The van der Waals surface area contributed by atoms with Crippen LogP contribution in [0.5, 0.6) is 5.75 Å². The summed E-state index contributed by atoms with van der Waals surface area (Å²) in [6, 6.07) is 7.26. The van der Waals surface area contributed by atoms with Crippen LogP contribution >= 0.6 is 0 Å². The molecule has 0 saturated heterocycles. The molecule has 0 spiro atoms. The Morgan fingerprint density at radius 1 is 1.14 bits per heavy atom. The number of sulfonamides is 1. The van der Waals surface area contributed by atoms with Gasteiger partial charge in [-0.25, -0.2) is 13.6 Å². The number of aromatic nitrogens is 1. The third-order valence-corrected chi connectivity index (χ3v) is 4.34. The fraction of sp³-hybridized carbons (Fsp3) is 0.267. The Hall–Kier alpha value is -1.92. The van der Waals surface area contributed by atoms with Gasteiger partial charge in [-0.1, -0.05) is 0 Å². The highest BCUT2D eigenvalue weighted by Crippen LogP contribution is 2.24. The predicted octanol–water partition coefficient (Wildman–Crippen LogP) is 1.97. The van der Waals surface area contributed by atoms with Crippen molar-refractivity contribution in [3.63, 3.8) is 0 Å². The number of benzene rings is 1. The number of nitrogens with zero attached hydrogens (tertiary/aromatic N) is 1. The van der Waals surface area contributed by atoms with E-state index in [-0.39, 0.29) is 4.90 Å². The first-order valence-corrected chi connectivity index (χ1v) is 8.08. The summed E-state index contributed by atoms with van der Waals surface area (Å²) in [5, 5.41) is 5.21. The average Bonchev–Trinajstić information content (AvgIpc) is 2.37. The highest BCUT2D eigenvalue weighted by atomic mass is 32.2. The zero-order valence-electron chi connectivity index (χ0n) is 12.0. The van der Waals surface area contributed by atoms with Gasteiger partial charge in [0.15, 0.2) is 0 Å². The molecule has 0 radical (unpaired) electrons. The number of aryl methyl sites for hydroxylation is 2. The van der Waals surface area contributed by atoms with Crippen LogP contribution in [0.2, 0.25) is 0 Å². The molecule has 0 atom stereocenters. The van der Waals surface area contributed by atoms with Crippen LogP contribution in [0.3, 0.4) is 0 Å². The lowest BCUT2D eigenvalue weighted by Gasteiger charge is -2.12. The van der Waals surface area contributed by atoms with Crippen molar-refractivity contribution in [2.24, 2.45) is 5.14 Å². The summed E-state index contributed by atoms with van der Waals surface area (Å²) in [4.78, 5) is 4.13. The monoisotopic (exact) mass is 306 g/mol. The average molecular weight is 306 g/mol. The topological polar surface area (TPSA) is 82.3 Å². The smallest absolute Gasteiger partial charge is 0.238 e. The molecule has 5 nitrogen and oxygen atoms in total. The summed E-state index contributed by atoms with van der Waals surface area (Å²) < 4.78 is 28.7. The van der Waals surface area contributed by atoms with Gasteiger partial charge in [0.2, 0.25) is 10.0 Å². The summed E-state index contributed by atoms with van der Waals surface area (Å²) in [5.41, 5.74) is 2.33. The van der Waals surface area contributed by atoms with Crippen LogP contribution in [0, 0.1) is 13.8 Å². The standard InChI is InChI=1S/C15H18N2O3S/c1-11-9-14(10-12(2)15(11)21(16,18)19)20-8-5-13-3-6-17-7-4-13/h3-4,6-7,9-10H,5,8H2,1-2H3,(H2,16,18,19). The number of nitrogens with two attached hydrogens (primary N) is 1. The Balaban J connectivity index is 2.09. The molecule has 0 aliphatic rings. The van der Waals surface area contributed by atoms with Crippen molar-refractivity contribution < 1.29 is 13.2 Å². The van der Waals surface area contributed by atoms with Crippen molar-refractivity contribution in [2.45, 2.75) is 25.2 Å². The second kappa shape index (κ2) is 6.24. The Bertz CT molecular complexity index is 705. The number of hydrogen-bond donors (Lipinski definition) is 1. The van der Waals surface area contributed by atoms with Crippen molar-refractivity contribution in [1.29, 1.82) is 0 Å². The van der Waals surface area contributed by atoms with Crippen LogP contribution < -0.4 is 9.88 Å². The van der Waals surface area contributed by atoms with Crippen LogP contribution in [0.4, 0.5) is 0 Å². The van der Waals surface area contributed by atoms with Gasteiger partial charge in [-0.15, -0.1) is 0 Å². The van der Waals surface area contributed by atoms with Crippen LogP contribution in [0.1, 0.15) is 16.7 Å². The summed E-state index contributed by atoms with van der Waals surface area (Å²) in [6.07, 6.45) is 4.24. The molecular formula is C15H18N2O3S. The number of hydrogen-bond acceptors (Lipinski definition) is 4. The molecule has 112 valence electrons. The van der Waals surface area contributed by atoms with Crippen molar-refractivity contribution in [3.8, 4) is 5.75 Å². The molecule has 0 aliphatic heterocycles. The van der Waals surface area contributed by atoms with E-state index in [2.05, 4.69) is 4.98 Å². The Kier molecular flexibility index (Phi) is 4.59. The minimum absolute atomic E-state index is 0.170. The molecule has 0 aliphatic carbocycles. The quantitative estimate of drug-likeness (QED) is 0.915. The highest BCUT2D eigenvalue weighted by molar-refractivity contribution is 7.89. The van der Waals surface area contributed by atoms with E-state index in [0.717, 1.165) is 12.0 Å². The molecule has 0 fully saturated rings. The number of rotatable bonds is 5. The number of ether oxygens (including phenoxy) is 1. The zero-order valence-corrected chi connectivity index (χ0v) is 12.9. The highest BCUT2D eigenvalue weighted by Gasteiger charge is 2.16. The molecule has 21 heavy (non-hydrogen) atoms. The Labute approximate surface area is 124 Å². The van der Waals surface area contributed by atoms with Gasteiger partial charge in [-0.3, -0.25) is 4.98 Å². The van der Waals surface area contributed by atoms with Gasteiger partial charge in [-0.05, 0) is 54.8 Å². The normalized spacial score (nSPS) is 11.4. The minimum Gasteiger partial charge on any atom is -0.493 e. The van der Waals surface area contributed by atoms with Crippen LogP contribution in [-0.2, 0) is 16.4 Å². The summed E-state index contributed by atoms with van der Waals surface area (Å²) >= 11 is 0. The van der Waals surface area contributed by atoms with Gasteiger partial charge in [0.25, 0.3) is 0 Å². The van der Waals surface area contributed by atoms with Crippen LogP contribution in [-0.4, -0.2) is 20.0 Å². The number of pyridine rings is 1. The molecule has 0 amide bonds. The van der Waals surface area contributed by atoms with Gasteiger partial charge in [0, 0.05) is 18.8 Å². The maximum absolute atomic E-state index is 11.5. The first-order chi connectivity index (χ1) is 9.88. The summed E-state index contributed by atoms with van der Waals surface area (Å²) in [5.74, 6) is 0.645. The maximum atomic E-state index is 11.5. The lowest BCUT2D eigenvalue weighted by molar-refractivity contribution is 0.321. The second-order valence-corrected chi connectivity index (χ2v) is 6.38. The Morgan fingerprint density at radius 3 is 2.24 bits per heavy atom. The van der Waals surface area contributed by atoms with Gasteiger partial charge in [0.1, 0.15) is 5.75 Å². The minimum atomic E-state index is -3.71. The van der Waals surface area contributed by atoms with Crippen molar-refractivity contribution in [2.75, 3.05) is 6.61 Å². The first-order valence-electron chi connectivity index (χ1n) is 6.53. The summed E-state index contributed by atoms with van der Waals surface area (Å²) in [7, 11) is -3.71. The van der Waals surface area contributed by atoms with Gasteiger partial charge >= 0.3 is 0 Å². The third kappa shape index (κ3) is 4.03. The molecule has 1 heterocycles. The largest absolute Gasteiger partial charge is 0.493 e. The fourth-order valence-corrected chi connectivity index (χ4v) is 3.29. The lowest BCUT2D eigenvalue weighted by Crippen LogP contribution is -2.15. The van der Waals surface area contributed by atoms with Crippen LogP contribution in [0.15, 0.2) is 41.6 Å². The maximum Gasteiger partial charge on any atom is 0.238 e. The van der Waals surface area contributed by atoms with E-state index in [1.165, 1.54) is 0 Å². The zero-order chi connectivity index (χ0) is 15.5. The summed E-state index contributed by atoms with van der Waals surface area (Å²) in [6.45, 7) is 3.93. The van der Waals surface area contributed by atoms with Gasteiger partial charge in [-0.2, -0.15) is 0 Å². The SMILES string of the molecule is Cc1cc(OCCc2ccncc2)cc(C)c1S(N)(=O)=O. The molecule has 6 heteroatoms. The van der Waals surface area contributed by atoms with E-state index in [9.17, 15) is 8.42 Å². The predicted molar refractivity (Wildman–Crippen MR) is 80.7 cm³/mol. The van der Waals surface area contributed by atoms with Crippen LogP contribution in [0.25, 0.3) is 0 Å². The molecule has 2 aromatic rings.